The van der Waals surface area contributed by atoms with Gasteiger partial charge in [0.05, 0.1) is 22.3 Å². The quantitative estimate of drug-likeness (QED) is 0.620. The number of benzene rings is 2. The van der Waals surface area contributed by atoms with E-state index in [1.165, 1.54) is 6.07 Å². The minimum absolute atomic E-state index is 0.0318. The van der Waals surface area contributed by atoms with Crippen LogP contribution in [0, 0.1) is 11.3 Å². The van der Waals surface area contributed by atoms with Gasteiger partial charge < -0.3 is 4.18 Å². The van der Waals surface area contributed by atoms with E-state index in [9.17, 15) is 8.42 Å². The van der Waals surface area contributed by atoms with Crippen molar-refractivity contribution in [2.75, 3.05) is 11.6 Å². The van der Waals surface area contributed by atoms with Crippen LogP contribution in [-0.4, -0.2) is 29.8 Å². The van der Waals surface area contributed by atoms with Crippen LogP contribution in [0.1, 0.15) is 11.1 Å². The first-order valence-electron chi connectivity index (χ1n) is 7.99. The molecule has 0 spiro atoms. The van der Waals surface area contributed by atoms with Crippen LogP contribution < -0.4 is 14.3 Å². The molecule has 0 aliphatic heterocycles. The molecule has 1 aromatic heterocycles. The van der Waals surface area contributed by atoms with E-state index >= 15 is 0 Å². The van der Waals surface area contributed by atoms with Crippen molar-refractivity contribution in [3.05, 3.63) is 71.3 Å². The highest BCUT2D eigenvalue weighted by atomic mass is 35.5. The van der Waals surface area contributed by atoms with Gasteiger partial charge in [0.15, 0.2) is 5.75 Å². The van der Waals surface area contributed by atoms with E-state index in [1.807, 2.05) is 17.1 Å². The maximum atomic E-state index is 11.0. The average Bonchev–Trinajstić information content (AvgIpc) is 3.18. The molecule has 11 heteroatoms. The van der Waals surface area contributed by atoms with Gasteiger partial charge in [-0.1, -0.05) is 17.7 Å². The van der Waals surface area contributed by atoms with Gasteiger partial charge in [-0.05, 0) is 48.4 Å². The Morgan fingerprint density at radius 3 is 2.43 bits per heavy atom. The molecule has 0 fully saturated rings. The smallest absolute Gasteiger partial charge is 0.369 e. The lowest BCUT2D eigenvalue weighted by Gasteiger charge is -2.25. The van der Waals surface area contributed by atoms with Crippen molar-refractivity contribution < 1.29 is 12.6 Å². The predicted octanol–water partition coefficient (Wildman–Crippen LogP) is 1.90. The summed E-state index contributed by atoms with van der Waals surface area (Å²) in [6.07, 6.45) is 3.70. The van der Waals surface area contributed by atoms with Gasteiger partial charge in [-0.2, -0.15) is 18.8 Å². The van der Waals surface area contributed by atoms with Gasteiger partial charge >= 0.3 is 10.3 Å². The van der Waals surface area contributed by atoms with Gasteiger partial charge in [0, 0.05) is 6.54 Å². The molecular weight excluding hydrogens is 404 g/mol. The number of hydrogen-bond acceptors (Lipinski definition) is 7. The summed E-state index contributed by atoms with van der Waals surface area (Å²) in [5, 5.41) is 23.5. The molecule has 0 saturated carbocycles. The number of nitrogens with two attached hydrogens (primary N) is 1. The lowest BCUT2D eigenvalue weighted by Crippen LogP contribution is -2.30. The molecule has 3 rings (SSSR count). The molecule has 2 N–H and O–H groups in total. The minimum Gasteiger partial charge on any atom is -0.369 e. The Labute approximate surface area is 166 Å². The summed E-state index contributed by atoms with van der Waals surface area (Å²) >= 11 is 6.09. The zero-order valence-electron chi connectivity index (χ0n) is 14.4. The normalized spacial score (nSPS) is 11.0. The van der Waals surface area contributed by atoms with Crippen LogP contribution in [0.2, 0.25) is 5.02 Å². The number of rotatable bonds is 7. The third kappa shape index (κ3) is 4.98. The van der Waals surface area contributed by atoms with Crippen LogP contribution in [0.25, 0.3) is 0 Å². The summed E-state index contributed by atoms with van der Waals surface area (Å²) in [5.74, 6) is -0.0318. The highest BCUT2D eigenvalue weighted by molar-refractivity contribution is 7.84. The maximum Gasteiger partial charge on any atom is 0.380 e. The van der Waals surface area contributed by atoms with E-state index < -0.39 is 10.3 Å². The minimum atomic E-state index is -4.14. The third-order valence-corrected chi connectivity index (χ3v) is 4.50. The van der Waals surface area contributed by atoms with Gasteiger partial charge in [0.2, 0.25) is 0 Å². The fourth-order valence-corrected chi connectivity index (χ4v) is 3.22. The summed E-state index contributed by atoms with van der Waals surface area (Å²) in [7, 11) is -4.14. The predicted molar refractivity (Wildman–Crippen MR) is 103 cm³/mol. The average molecular weight is 419 g/mol. The maximum absolute atomic E-state index is 11.0. The molecule has 0 bridgehead atoms. The Morgan fingerprint density at radius 1 is 1.18 bits per heavy atom. The van der Waals surface area contributed by atoms with Gasteiger partial charge in [0.1, 0.15) is 12.7 Å². The van der Waals surface area contributed by atoms with Gasteiger partial charge in [-0.3, -0.25) is 5.01 Å². The second-order valence-corrected chi connectivity index (χ2v) is 7.27. The molecule has 0 amide bonds. The Kier molecular flexibility index (Phi) is 5.79. The van der Waals surface area contributed by atoms with E-state index in [4.69, 9.17) is 22.0 Å². The lowest BCUT2D eigenvalue weighted by atomic mass is 10.1. The molecule has 0 saturated heterocycles. The Balaban J connectivity index is 1.79. The van der Waals surface area contributed by atoms with Crippen LogP contribution in [0.3, 0.4) is 0 Å². The van der Waals surface area contributed by atoms with Crippen LogP contribution in [0.4, 0.5) is 5.69 Å². The van der Waals surface area contributed by atoms with Crippen molar-refractivity contribution in [3.63, 3.8) is 0 Å². The number of aromatic nitrogens is 3. The van der Waals surface area contributed by atoms with Crippen molar-refractivity contribution in [1.29, 1.82) is 5.26 Å². The third-order valence-electron chi connectivity index (χ3n) is 3.79. The van der Waals surface area contributed by atoms with E-state index in [0.29, 0.717) is 18.5 Å². The summed E-state index contributed by atoms with van der Waals surface area (Å²) in [6.45, 7) is 0.537. The second-order valence-electron chi connectivity index (χ2n) is 5.71. The van der Waals surface area contributed by atoms with Crippen molar-refractivity contribution in [3.8, 4) is 11.8 Å². The molecule has 0 aliphatic carbocycles. The molecule has 3 aromatic rings. The monoisotopic (exact) mass is 418 g/mol. The molecule has 2 aromatic carbocycles. The molecular formula is C17H15ClN6O3S. The van der Waals surface area contributed by atoms with Crippen molar-refractivity contribution >= 4 is 27.6 Å². The fourth-order valence-electron chi connectivity index (χ4n) is 2.53. The SMILES string of the molecule is N#Cc1ccc(N(CCc2ccc(OS(N)(=O)=O)c(Cl)c2)n2cnnc2)cc1. The zero-order valence-corrected chi connectivity index (χ0v) is 16.0. The van der Waals surface area contributed by atoms with Crippen LogP contribution >= 0.6 is 11.6 Å². The largest absolute Gasteiger partial charge is 0.380 e. The topological polar surface area (TPSA) is 127 Å². The van der Waals surface area contributed by atoms with E-state index in [-0.39, 0.29) is 10.8 Å². The molecule has 0 radical (unpaired) electrons. The number of nitrogens with zero attached hydrogens (tertiary/aromatic N) is 5. The van der Waals surface area contributed by atoms with Gasteiger partial charge in [-0.15, -0.1) is 10.2 Å². The molecule has 0 unspecified atom stereocenters. The molecule has 28 heavy (non-hydrogen) atoms. The van der Waals surface area contributed by atoms with Gasteiger partial charge in [-0.25, -0.2) is 4.68 Å². The lowest BCUT2D eigenvalue weighted by molar-refractivity contribution is 0.487. The van der Waals surface area contributed by atoms with Gasteiger partial charge in [0.25, 0.3) is 0 Å². The molecule has 0 aliphatic rings. The van der Waals surface area contributed by atoms with Crippen LogP contribution in [0.5, 0.6) is 5.75 Å². The first-order chi connectivity index (χ1) is 13.4. The van der Waals surface area contributed by atoms with E-state index in [1.54, 1.807) is 41.6 Å². The highest BCUT2D eigenvalue weighted by Crippen LogP contribution is 2.27. The highest BCUT2D eigenvalue weighted by Gasteiger charge is 2.12. The van der Waals surface area contributed by atoms with Crippen molar-refractivity contribution in [2.24, 2.45) is 5.14 Å². The van der Waals surface area contributed by atoms with E-state index in [2.05, 4.69) is 20.4 Å². The second kappa shape index (κ2) is 8.26. The molecule has 144 valence electrons. The fraction of sp³-hybridized carbons (Fsp3) is 0.118. The van der Waals surface area contributed by atoms with E-state index in [0.717, 1.165) is 11.3 Å². The number of halogens is 1. The molecule has 0 atom stereocenters. The van der Waals surface area contributed by atoms with Crippen molar-refractivity contribution in [2.45, 2.75) is 6.42 Å². The summed E-state index contributed by atoms with van der Waals surface area (Å²) < 4.78 is 28.4. The summed E-state index contributed by atoms with van der Waals surface area (Å²) in [4.78, 5) is 0. The summed E-state index contributed by atoms with van der Waals surface area (Å²) in [5.41, 5.74) is 2.27. The van der Waals surface area contributed by atoms with Crippen molar-refractivity contribution in [1.82, 2.24) is 14.9 Å². The Morgan fingerprint density at radius 2 is 1.86 bits per heavy atom. The zero-order chi connectivity index (χ0) is 20.1. The first kappa shape index (κ1) is 19.6. The first-order valence-corrected chi connectivity index (χ1v) is 9.84. The Hall–Kier alpha value is -3.13. The number of anilines is 1. The molecule has 1 heterocycles. The number of nitriles is 1. The number of hydrogen-bond donors (Lipinski definition) is 1. The van der Waals surface area contributed by atoms with Crippen LogP contribution in [-0.2, 0) is 16.7 Å². The van der Waals surface area contributed by atoms with Crippen LogP contribution in [0.15, 0.2) is 55.1 Å². The Bertz CT molecular complexity index is 1090. The molecule has 9 nitrogen and oxygen atoms in total. The summed E-state index contributed by atoms with van der Waals surface area (Å²) in [6, 6.07) is 14.0. The standard InChI is InChI=1S/C17H15ClN6O3S/c18-16-9-13(3-6-17(16)27-28(20,25)26)7-8-24(23-11-21-22-12-23)15-4-1-14(10-19)2-5-15/h1-6,9,11-12H,7-8H2,(H2,20,25,26).